The minimum atomic E-state index is -1.08. The third-order valence-electron chi connectivity index (χ3n) is 4.67. The molecule has 1 amide bonds. The summed E-state index contributed by atoms with van der Waals surface area (Å²) in [7, 11) is 0. The van der Waals surface area contributed by atoms with Crippen LogP contribution in [0.1, 0.15) is 32.2 Å². The maximum absolute atomic E-state index is 13.4. The van der Waals surface area contributed by atoms with Gasteiger partial charge in [0.15, 0.2) is 5.82 Å². The average Bonchev–Trinajstić information content (AvgIpc) is 3.07. The number of hydrogen-bond acceptors (Lipinski definition) is 6. The van der Waals surface area contributed by atoms with Crippen molar-refractivity contribution < 1.29 is 19.1 Å². The predicted molar refractivity (Wildman–Crippen MR) is 111 cm³/mol. The number of carbonyl (C=O) groups excluding carboxylic acids is 1. The first-order valence-corrected chi connectivity index (χ1v) is 9.22. The molecule has 5 N–H and O–H groups in total. The highest BCUT2D eigenvalue weighted by atomic mass is 19.1. The van der Waals surface area contributed by atoms with E-state index in [1.54, 1.807) is 31.2 Å². The van der Waals surface area contributed by atoms with Crippen LogP contribution in [0.5, 0.6) is 0 Å². The number of halogens is 1. The van der Waals surface area contributed by atoms with Crippen molar-refractivity contribution in [2.45, 2.75) is 13.5 Å². The van der Waals surface area contributed by atoms with E-state index in [0.29, 0.717) is 27.7 Å². The number of primary amides is 1. The highest BCUT2D eigenvalue weighted by molar-refractivity contribution is 6.07. The van der Waals surface area contributed by atoms with Gasteiger partial charge in [0.25, 0.3) is 5.91 Å². The molecule has 2 aromatic carbocycles. The van der Waals surface area contributed by atoms with E-state index in [0.717, 1.165) is 0 Å². The van der Waals surface area contributed by atoms with Gasteiger partial charge in [-0.3, -0.25) is 4.79 Å². The molecule has 4 rings (SSSR count). The largest absolute Gasteiger partial charge is 0.478 e. The number of aromatic amines is 1. The van der Waals surface area contributed by atoms with Crippen molar-refractivity contribution in [1.29, 1.82) is 0 Å². The van der Waals surface area contributed by atoms with E-state index in [2.05, 4.69) is 25.3 Å². The molecule has 0 aliphatic carbocycles. The van der Waals surface area contributed by atoms with Crippen molar-refractivity contribution in [3.63, 3.8) is 0 Å². The van der Waals surface area contributed by atoms with E-state index in [1.807, 2.05) is 0 Å². The van der Waals surface area contributed by atoms with Gasteiger partial charge in [-0.1, -0.05) is 24.3 Å². The summed E-state index contributed by atoms with van der Waals surface area (Å²) in [6.07, 6.45) is 0. The van der Waals surface area contributed by atoms with Gasteiger partial charge in [-0.25, -0.2) is 14.2 Å². The lowest BCUT2D eigenvalue weighted by Crippen LogP contribution is -2.18. The Balaban J connectivity index is 1.80. The Hall–Kier alpha value is -4.34. The summed E-state index contributed by atoms with van der Waals surface area (Å²) in [6, 6.07) is 10.8. The molecule has 9 nitrogen and oxygen atoms in total. The second kappa shape index (κ2) is 7.82. The summed E-state index contributed by atoms with van der Waals surface area (Å²) in [6.45, 7) is 1.95. The van der Waals surface area contributed by atoms with Crippen molar-refractivity contribution >= 4 is 28.7 Å². The van der Waals surface area contributed by atoms with Crippen LogP contribution in [0.15, 0.2) is 42.5 Å². The normalized spacial score (nSPS) is 10.9. The zero-order chi connectivity index (χ0) is 22.1. The lowest BCUT2D eigenvalue weighted by atomic mass is 10.1. The topological polar surface area (TPSA) is 147 Å². The highest BCUT2D eigenvalue weighted by Crippen LogP contribution is 2.32. The number of fused-ring (bicyclic) bond motifs is 1. The summed E-state index contributed by atoms with van der Waals surface area (Å²) in [5.74, 6) is -2.33. The fourth-order valence-electron chi connectivity index (χ4n) is 3.32. The molecule has 0 saturated heterocycles. The zero-order valence-corrected chi connectivity index (χ0v) is 16.3. The van der Waals surface area contributed by atoms with Crippen LogP contribution in [0.2, 0.25) is 0 Å². The molecule has 31 heavy (non-hydrogen) atoms. The Kier molecular flexibility index (Phi) is 5.04. The van der Waals surface area contributed by atoms with Crippen LogP contribution in [-0.4, -0.2) is 36.9 Å². The van der Waals surface area contributed by atoms with Gasteiger partial charge < -0.3 is 21.1 Å². The zero-order valence-electron chi connectivity index (χ0n) is 16.3. The number of nitrogens with two attached hydrogens (primary N) is 1. The van der Waals surface area contributed by atoms with E-state index < -0.39 is 11.9 Å². The van der Waals surface area contributed by atoms with Gasteiger partial charge in [0.2, 0.25) is 11.8 Å². The number of para-hydroxylation sites is 1. The fourth-order valence-corrected chi connectivity index (χ4v) is 3.32. The number of carbonyl (C=O) groups is 2. The van der Waals surface area contributed by atoms with Gasteiger partial charge in [-0.2, -0.15) is 9.97 Å². The lowest BCUT2D eigenvalue weighted by molar-refractivity contribution is 0.0698. The molecule has 10 heteroatoms. The smallest absolute Gasteiger partial charge is 0.337 e. The third-order valence-corrected chi connectivity index (χ3v) is 4.67. The molecule has 2 aromatic heterocycles. The first kappa shape index (κ1) is 20.0. The van der Waals surface area contributed by atoms with Crippen molar-refractivity contribution in [3.05, 3.63) is 70.9 Å². The number of H-pyrrole nitrogens is 1. The minimum Gasteiger partial charge on any atom is -0.478 e. The fraction of sp³-hybridized carbons (Fsp3) is 0.0952. The quantitative estimate of drug-likeness (QED) is 0.375. The average molecular weight is 420 g/mol. The molecular weight excluding hydrogens is 403 g/mol. The van der Waals surface area contributed by atoms with Crippen LogP contribution >= 0.6 is 0 Å². The van der Waals surface area contributed by atoms with Crippen LogP contribution < -0.4 is 11.1 Å². The van der Waals surface area contributed by atoms with E-state index in [4.69, 9.17) is 5.73 Å². The second-order valence-corrected chi connectivity index (χ2v) is 6.81. The van der Waals surface area contributed by atoms with Gasteiger partial charge in [-0.05, 0) is 30.7 Å². The molecule has 156 valence electrons. The number of anilines is 1. The Morgan fingerprint density at radius 3 is 2.65 bits per heavy atom. The molecule has 0 fully saturated rings. The van der Waals surface area contributed by atoms with E-state index in [-0.39, 0.29) is 35.5 Å². The molecule has 0 atom stereocenters. The van der Waals surface area contributed by atoms with Gasteiger partial charge in [-0.15, -0.1) is 0 Å². The maximum atomic E-state index is 13.4. The van der Waals surface area contributed by atoms with Crippen LogP contribution in [0.3, 0.4) is 0 Å². The standard InChI is InChI=1S/C21H17FN6O3/c1-10-15(13-6-3-7-14(20(30)31)16(13)25-10)18-26-19(17(23)29)28-21(27-18)24-9-11-4-2-5-12(22)8-11/h2-8,25H,9H2,1H3,(H2,23,29)(H,30,31)(H,24,26,27,28). The van der Waals surface area contributed by atoms with Crippen LogP contribution in [0.25, 0.3) is 22.3 Å². The van der Waals surface area contributed by atoms with Gasteiger partial charge in [0, 0.05) is 23.2 Å². The summed E-state index contributed by atoms with van der Waals surface area (Å²) >= 11 is 0. The number of benzene rings is 2. The third kappa shape index (κ3) is 3.90. The Morgan fingerprint density at radius 2 is 1.94 bits per heavy atom. The number of nitrogens with one attached hydrogen (secondary N) is 2. The van der Waals surface area contributed by atoms with Crippen LogP contribution in [-0.2, 0) is 6.54 Å². The number of aromatic carboxylic acids is 1. The number of aromatic nitrogens is 4. The van der Waals surface area contributed by atoms with E-state index >= 15 is 0 Å². The Labute approximate surface area is 175 Å². The Morgan fingerprint density at radius 1 is 1.16 bits per heavy atom. The number of nitrogens with zero attached hydrogens (tertiary/aromatic N) is 3. The number of carboxylic acid groups (broad SMARTS) is 1. The number of hydrogen-bond donors (Lipinski definition) is 4. The molecule has 0 spiro atoms. The highest BCUT2D eigenvalue weighted by Gasteiger charge is 2.20. The second-order valence-electron chi connectivity index (χ2n) is 6.81. The number of carboxylic acids is 1. The number of amides is 1. The predicted octanol–water partition coefficient (Wildman–Crippen LogP) is 2.88. The molecule has 0 bridgehead atoms. The SMILES string of the molecule is Cc1[nH]c2c(C(=O)O)cccc2c1-c1nc(NCc2cccc(F)c2)nc(C(N)=O)n1. The molecule has 0 aliphatic heterocycles. The minimum absolute atomic E-state index is 0.0752. The summed E-state index contributed by atoms with van der Waals surface area (Å²) in [4.78, 5) is 39.0. The summed E-state index contributed by atoms with van der Waals surface area (Å²) in [5.41, 5.74) is 7.69. The molecule has 4 aromatic rings. The van der Waals surface area contributed by atoms with Gasteiger partial charge >= 0.3 is 5.97 Å². The van der Waals surface area contributed by atoms with Gasteiger partial charge in [0.05, 0.1) is 11.1 Å². The van der Waals surface area contributed by atoms with Crippen LogP contribution in [0, 0.1) is 12.7 Å². The van der Waals surface area contributed by atoms with Gasteiger partial charge in [0.1, 0.15) is 5.82 Å². The first-order valence-electron chi connectivity index (χ1n) is 9.22. The van der Waals surface area contributed by atoms with Crippen molar-refractivity contribution in [3.8, 4) is 11.4 Å². The molecule has 0 radical (unpaired) electrons. The molecule has 0 aliphatic rings. The Bertz CT molecular complexity index is 1330. The first-order chi connectivity index (χ1) is 14.8. The van der Waals surface area contributed by atoms with Crippen LogP contribution in [0.4, 0.5) is 10.3 Å². The summed E-state index contributed by atoms with van der Waals surface area (Å²) in [5, 5.41) is 13.0. The van der Waals surface area contributed by atoms with Crippen molar-refractivity contribution in [1.82, 2.24) is 19.9 Å². The van der Waals surface area contributed by atoms with Crippen molar-refractivity contribution in [2.24, 2.45) is 5.73 Å². The maximum Gasteiger partial charge on any atom is 0.337 e. The molecule has 2 heterocycles. The summed E-state index contributed by atoms with van der Waals surface area (Å²) < 4.78 is 13.4. The number of rotatable bonds is 6. The molecule has 0 saturated carbocycles. The number of aryl methyl sites for hydroxylation is 1. The molecular formula is C21H17FN6O3. The van der Waals surface area contributed by atoms with E-state index in [1.165, 1.54) is 18.2 Å². The van der Waals surface area contributed by atoms with E-state index in [9.17, 15) is 19.1 Å². The van der Waals surface area contributed by atoms with Crippen molar-refractivity contribution in [2.75, 3.05) is 5.32 Å². The lowest BCUT2D eigenvalue weighted by Gasteiger charge is -2.09. The molecule has 0 unspecified atom stereocenters. The monoisotopic (exact) mass is 420 g/mol.